The predicted molar refractivity (Wildman–Crippen MR) is 177 cm³/mol. The molecule has 2 amide bonds. The van der Waals surface area contributed by atoms with Crippen LogP contribution in [-0.4, -0.2) is 44.8 Å². The first kappa shape index (κ1) is 32.8. The molecule has 0 spiro atoms. The molecule has 5 rings (SSSR count). The van der Waals surface area contributed by atoms with Crippen LogP contribution in [0.5, 0.6) is 5.75 Å². The second-order valence-electron chi connectivity index (χ2n) is 12.3. The lowest BCUT2D eigenvalue weighted by molar-refractivity contribution is -0.384. The Bertz CT molecular complexity index is 1690. The van der Waals surface area contributed by atoms with Crippen molar-refractivity contribution >= 4 is 34.8 Å². The topological polar surface area (TPSA) is 141 Å². The van der Waals surface area contributed by atoms with E-state index in [0.717, 1.165) is 44.7 Å². The third-order valence-electron chi connectivity index (χ3n) is 9.28. The van der Waals surface area contributed by atoms with E-state index in [-0.39, 0.29) is 23.5 Å². The van der Waals surface area contributed by atoms with Crippen molar-refractivity contribution < 1.29 is 29.8 Å². The van der Waals surface area contributed by atoms with Gasteiger partial charge in [0, 0.05) is 18.1 Å². The van der Waals surface area contributed by atoms with Crippen LogP contribution in [0.2, 0.25) is 0 Å². The predicted octanol–water partition coefficient (Wildman–Crippen LogP) is 6.51. The van der Waals surface area contributed by atoms with Gasteiger partial charge in [-0.1, -0.05) is 61.4 Å². The number of aromatic hydroxyl groups is 1. The number of phenolic OH excluding ortho intramolecular Hbond substituents is 1. The van der Waals surface area contributed by atoms with E-state index in [1.54, 1.807) is 0 Å². The van der Waals surface area contributed by atoms with E-state index in [4.69, 9.17) is 0 Å². The number of non-ortho nitro benzene ring substituents is 1. The highest BCUT2D eigenvalue weighted by molar-refractivity contribution is 6.22. The molecule has 2 aliphatic rings. The highest BCUT2D eigenvalue weighted by atomic mass is 16.6. The number of benzene rings is 3. The molecule has 240 valence electrons. The number of amides is 2. The summed E-state index contributed by atoms with van der Waals surface area (Å²) in [6.45, 7) is 5.30. The van der Waals surface area contributed by atoms with Crippen molar-refractivity contribution in [2.24, 2.45) is 17.8 Å². The van der Waals surface area contributed by atoms with Crippen molar-refractivity contribution in [3.63, 3.8) is 0 Å². The summed E-state index contributed by atoms with van der Waals surface area (Å²) in [4.78, 5) is 39.4. The number of aliphatic hydroxyl groups is 2. The smallest absolute Gasteiger partial charge is 0.271 e. The third kappa shape index (κ3) is 6.38. The number of allylic oxidation sites excluding steroid dienone is 2. The van der Waals surface area contributed by atoms with Gasteiger partial charge in [0.15, 0.2) is 0 Å². The molecule has 3 aromatic carbocycles. The number of anilines is 1. The van der Waals surface area contributed by atoms with Crippen molar-refractivity contribution in [1.82, 2.24) is 0 Å². The lowest BCUT2D eigenvalue weighted by Crippen LogP contribution is -2.39. The van der Waals surface area contributed by atoms with Crippen molar-refractivity contribution in [1.29, 1.82) is 0 Å². The van der Waals surface area contributed by atoms with Crippen LogP contribution in [0.25, 0.3) is 11.6 Å². The number of rotatable bonds is 11. The number of imide groups is 1. The summed E-state index contributed by atoms with van der Waals surface area (Å²) in [7, 11) is 0. The van der Waals surface area contributed by atoms with Crippen LogP contribution >= 0.6 is 0 Å². The number of carbonyl (C=O) groups is 2. The van der Waals surface area contributed by atoms with Crippen LogP contribution in [0.3, 0.4) is 0 Å². The summed E-state index contributed by atoms with van der Waals surface area (Å²) in [5.41, 5.74) is 5.85. The molecule has 3 aromatic rings. The van der Waals surface area contributed by atoms with E-state index in [9.17, 15) is 35.0 Å². The molecule has 0 radical (unpaired) electrons. The first-order valence-electron chi connectivity index (χ1n) is 15.7. The molecule has 9 heteroatoms. The molecule has 1 heterocycles. The van der Waals surface area contributed by atoms with E-state index in [0.29, 0.717) is 24.8 Å². The average molecular weight is 625 g/mol. The van der Waals surface area contributed by atoms with Gasteiger partial charge in [-0.15, -0.1) is 0 Å². The third-order valence-corrected chi connectivity index (χ3v) is 9.28. The van der Waals surface area contributed by atoms with Gasteiger partial charge >= 0.3 is 0 Å². The van der Waals surface area contributed by atoms with Crippen LogP contribution in [0, 0.1) is 41.7 Å². The zero-order valence-corrected chi connectivity index (χ0v) is 26.3. The Hall–Kier alpha value is -4.60. The Kier molecular flexibility index (Phi) is 9.84. The fourth-order valence-electron chi connectivity index (χ4n) is 7.17. The summed E-state index contributed by atoms with van der Waals surface area (Å²) in [6.07, 6.45) is 3.55. The molecule has 0 bridgehead atoms. The SMILES string of the molecule is CCCC1=C([C@H](O)CC/C(=C/c2cc(C)c(O)c(C)c2)c2ccccc2)[C@H](CO)[C@@H]2C(=O)N(c3cccc([N+](=O)[O-])c3)C(=O)[C@@H]2C1. The van der Waals surface area contributed by atoms with Gasteiger partial charge in [-0.25, -0.2) is 4.90 Å². The summed E-state index contributed by atoms with van der Waals surface area (Å²) in [5, 5.41) is 44.2. The van der Waals surface area contributed by atoms with Gasteiger partial charge in [0.25, 0.3) is 5.69 Å². The molecule has 0 aromatic heterocycles. The molecule has 0 saturated carbocycles. The van der Waals surface area contributed by atoms with Gasteiger partial charge < -0.3 is 15.3 Å². The van der Waals surface area contributed by atoms with Crippen LogP contribution in [0.15, 0.2) is 77.9 Å². The van der Waals surface area contributed by atoms with Gasteiger partial charge in [0.2, 0.25) is 11.8 Å². The number of carbonyl (C=O) groups excluding carboxylic acids is 2. The van der Waals surface area contributed by atoms with Crippen LogP contribution in [-0.2, 0) is 9.59 Å². The molecule has 1 aliphatic heterocycles. The lowest BCUT2D eigenvalue weighted by Gasteiger charge is -2.36. The zero-order valence-electron chi connectivity index (χ0n) is 26.3. The molecular formula is C37H40N2O7. The standard InChI is InChI=1S/C37H40N2O7/c1-4-9-27-19-30-34(37(44)38(36(30)43)28-12-8-13-29(20-28)39(45)46)31(21-40)33(27)32(41)15-14-26(25-10-6-5-7-11-25)18-24-16-22(2)35(42)23(3)17-24/h5-8,10-13,16-18,20,30-32,34,40-42H,4,9,14-15,19,21H2,1-3H3/b26-18-/t30-,31+,32-,34-/m1/s1. The maximum atomic E-state index is 13.9. The highest BCUT2D eigenvalue weighted by Crippen LogP contribution is 2.48. The first-order chi connectivity index (χ1) is 22.0. The van der Waals surface area contributed by atoms with E-state index in [1.807, 2.05) is 63.2 Å². The molecule has 3 N–H and O–H groups in total. The molecule has 1 fully saturated rings. The van der Waals surface area contributed by atoms with Crippen LogP contribution < -0.4 is 4.90 Å². The number of hydrogen-bond acceptors (Lipinski definition) is 7. The summed E-state index contributed by atoms with van der Waals surface area (Å²) < 4.78 is 0. The van der Waals surface area contributed by atoms with E-state index in [2.05, 4.69) is 6.08 Å². The van der Waals surface area contributed by atoms with Crippen molar-refractivity contribution in [3.8, 4) is 5.75 Å². The molecule has 4 atom stereocenters. The maximum absolute atomic E-state index is 13.9. The monoisotopic (exact) mass is 624 g/mol. The van der Waals surface area contributed by atoms with Gasteiger partial charge in [-0.2, -0.15) is 0 Å². The largest absolute Gasteiger partial charge is 0.507 e. The summed E-state index contributed by atoms with van der Waals surface area (Å²) in [6, 6.07) is 19.1. The number of hydrogen-bond donors (Lipinski definition) is 3. The Morgan fingerprint density at radius 2 is 1.74 bits per heavy atom. The second kappa shape index (κ2) is 13.8. The number of aliphatic hydroxyl groups excluding tert-OH is 2. The normalized spacial score (nSPS) is 20.7. The Labute approximate surface area is 268 Å². The van der Waals surface area contributed by atoms with Crippen molar-refractivity contribution in [2.75, 3.05) is 11.5 Å². The molecule has 1 saturated heterocycles. The van der Waals surface area contributed by atoms with Crippen LogP contribution in [0.4, 0.5) is 11.4 Å². The Morgan fingerprint density at radius 3 is 2.37 bits per heavy atom. The fourth-order valence-corrected chi connectivity index (χ4v) is 7.17. The van der Waals surface area contributed by atoms with Gasteiger partial charge in [0.1, 0.15) is 5.75 Å². The highest BCUT2D eigenvalue weighted by Gasteiger charge is 2.55. The van der Waals surface area contributed by atoms with Gasteiger partial charge in [-0.3, -0.25) is 19.7 Å². The van der Waals surface area contributed by atoms with Crippen molar-refractivity contribution in [2.45, 2.75) is 59.0 Å². The number of fused-ring (bicyclic) bond motifs is 1. The van der Waals surface area contributed by atoms with E-state index in [1.165, 1.54) is 24.3 Å². The summed E-state index contributed by atoms with van der Waals surface area (Å²) in [5.74, 6) is -3.06. The minimum absolute atomic E-state index is 0.131. The van der Waals surface area contributed by atoms with Gasteiger partial charge in [0.05, 0.1) is 35.2 Å². The molecule has 1 aliphatic carbocycles. The van der Waals surface area contributed by atoms with Gasteiger partial charge in [-0.05, 0) is 91.1 Å². The number of nitro benzene ring substituents is 1. The van der Waals surface area contributed by atoms with E-state index >= 15 is 0 Å². The molecule has 9 nitrogen and oxygen atoms in total. The number of nitrogens with zero attached hydrogens (tertiary/aromatic N) is 2. The van der Waals surface area contributed by atoms with Crippen LogP contribution in [0.1, 0.15) is 61.3 Å². The Balaban J connectivity index is 1.46. The lowest BCUT2D eigenvalue weighted by atomic mass is 9.67. The first-order valence-corrected chi connectivity index (χ1v) is 15.7. The number of nitro groups is 1. The number of aryl methyl sites for hydroxylation is 2. The average Bonchev–Trinajstić information content (AvgIpc) is 3.30. The molecule has 0 unspecified atom stereocenters. The fraction of sp³-hybridized carbons (Fsp3) is 0.351. The summed E-state index contributed by atoms with van der Waals surface area (Å²) >= 11 is 0. The molecule has 46 heavy (non-hydrogen) atoms. The minimum atomic E-state index is -0.968. The number of phenols is 1. The minimum Gasteiger partial charge on any atom is -0.507 e. The maximum Gasteiger partial charge on any atom is 0.271 e. The Morgan fingerprint density at radius 1 is 1.04 bits per heavy atom. The molecular weight excluding hydrogens is 584 g/mol. The van der Waals surface area contributed by atoms with E-state index < -0.39 is 47.2 Å². The second-order valence-corrected chi connectivity index (χ2v) is 12.3. The quantitative estimate of drug-likeness (QED) is 0.0726. The van der Waals surface area contributed by atoms with Crippen molar-refractivity contribution in [3.05, 3.63) is 110 Å². The zero-order chi connectivity index (χ0) is 33.1.